The number of hydrogen-bond donors (Lipinski definition) is 1. The number of aromatic nitrogens is 2. The monoisotopic (exact) mass is 358 g/mol. The molecular weight excluding hydrogens is 340 g/mol. The second kappa shape index (κ2) is 7.33. The van der Waals surface area contributed by atoms with Gasteiger partial charge in [-0.15, -0.1) is 0 Å². The number of methoxy groups -OCH3 is 1. The lowest BCUT2D eigenvalue weighted by Crippen LogP contribution is -2.00. The van der Waals surface area contributed by atoms with Crippen LogP contribution in [0.4, 0.5) is 0 Å². The summed E-state index contributed by atoms with van der Waals surface area (Å²) in [6, 6.07) is 23.1. The van der Waals surface area contributed by atoms with Crippen molar-refractivity contribution in [3.8, 4) is 17.1 Å². The van der Waals surface area contributed by atoms with Crippen molar-refractivity contribution >= 4 is 17.0 Å². The van der Waals surface area contributed by atoms with Crippen LogP contribution in [0.25, 0.3) is 22.4 Å². The Kier molecular flexibility index (Phi) is 4.58. The van der Waals surface area contributed by atoms with Gasteiger partial charge in [-0.3, -0.25) is 0 Å². The quantitative estimate of drug-likeness (QED) is 0.530. The van der Waals surface area contributed by atoms with Crippen molar-refractivity contribution in [2.45, 2.75) is 6.61 Å². The Morgan fingerprint density at radius 1 is 1.00 bits per heavy atom. The summed E-state index contributed by atoms with van der Waals surface area (Å²) in [5.74, 6) is 1.17. The summed E-state index contributed by atoms with van der Waals surface area (Å²) in [5.41, 5.74) is 4.14. The van der Waals surface area contributed by atoms with Crippen molar-refractivity contribution in [2.24, 2.45) is 0 Å². The molecule has 0 aliphatic rings. The van der Waals surface area contributed by atoms with Crippen molar-refractivity contribution in [1.29, 1.82) is 0 Å². The molecule has 134 valence electrons. The molecule has 0 spiro atoms. The first-order valence-corrected chi connectivity index (χ1v) is 8.58. The fourth-order valence-electron chi connectivity index (χ4n) is 2.84. The lowest BCUT2D eigenvalue weighted by molar-refractivity contribution is 0.0601. The largest absolute Gasteiger partial charge is 0.489 e. The second-order valence-electron chi connectivity index (χ2n) is 6.11. The van der Waals surface area contributed by atoms with Crippen LogP contribution in [-0.2, 0) is 11.3 Å². The molecule has 0 atom stereocenters. The van der Waals surface area contributed by atoms with E-state index < -0.39 is 0 Å². The summed E-state index contributed by atoms with van der Waals surface area (Å²) in [7, 11) is 1.37. The van der Waals surface area contributed by atoms with Gasteiger partial charge in [0.2, 0.25) is 0 Å². The summed E-state index contributed by atoms with van der Waals surface area (Å²) in [6.45, 7) is 0.529. The van der Waals surface area contributed by atoms with E-state index in [2.05, 4.69) is 9.97 Å². The SMILES string of the molecule is COC(=O)c1ccc2nc(-c3ccc(OCc4ccccc4)cc3)[nH]c2c1. The van der Waals surface area contributed by atoms with E-state index in [0.29, 0.717) is 12.2 Å². The summed E-state index contributed by atoms with van der Waals surface area (Å²) in [6.07, 6.45) is 0. The fourth-order valence-corrected chi connectivity index (χ4v) is 2.84. The van der Waals surface area contributed by atoms with Gasteiger partial charge in [0.15, 0.2) is 0 Å². The van der Waals surface area contributed by atoms with Gasteiger partial charge in [0, 0.05) is 5.56 Å². The maximum absolute atomic E-state index is 11.7. The van der Waals surface area contributed by atoms with E-state index in [1.807, 2.05) is 54.6 Å². The molecule has 0 radical (unpaired) electrons. The van der Waals surface area contributed by atoms with E-state index in [0.717, 1.165) is 33.7 Å². The van der Waals surface area contributed by atoms with Gasteiger partial charge in [-0.2, -0.15) is 0 Å². The van der Waals surface area contributed by atoms with E-state index >= 15 is 0 Å². The number of ether oxygens (including phenoxy) is 2. The van der Waals surface area contributed by atoms with Crippen LogP contribution < -0.4 is 4.74 Å². The highest BCUT2D eigenvalue weighted by molar-refractivity contribution is 5.94. The average molecular weight is 358 g/mol. The number of imidazole rings is 1. The molecule has 3 aromatic carbocycles. The number of H-pyrrole nitrogens is 1. The summed E-state index contributed by atoms with van der Waals surface area (Å²) < 4.78 is 10.6. The van der Waals surface area contributed by atoms with Crippen LogP contribution in [0.5, 0.6) is 5.75 Å². The molecule has 0 aliphatic carbocycles. The number of nitrogens with zero attached hydrogens (tertiary/aromatic N) is 1. The topological polar surface area (TPSA) is 64.2 Å². The van der Waals surface area contributed by atoms with Crippen LogP contribution >= 0.6 is 0 Å². The Hall–Kier alpha value is -3.60. The standard InChI is InChI=1S/C22H18N2O3/c1-26-22(25)17-9-12-19-20(13-17)24-21(23-19)16-7-10-18(11-8-16)27-14-15-5-3-2-4-6-15/h2-13H,14H2,1H3,(H,23,24). The molecule has 1 heterocycles. The third-order valence-corrected chi connectivity index (χ3v) is 4.28. The lowest BCUT2D eigenvalue weighted by atomic mass is 10.2. The smallest absolute Gasteiger partial charge is 0.337 e. The van der Waals surface area contributed by atoms with E-state index in [4.69, 9.17) is 9.47 Å². The van der Waals surface area contributed by atoms with E-state index in [-0.39, 0.29) is 5.97 Å². The number of fused-ring (bicyclic) bond motifs is 1. The van der Waals surface area contributed by atoms with Crippen molar-refractivity contribution < 1.29 is 14.3 Å². The van der Waals surface area contributed by atoms with Crippen LogP contribution in [0.2, 0.25) is 0 Å². The summed E-state index contributed by atoms with van der Waals surface area (Å²) >= 11 is 0. The second-order valence-corrected chi connectivity index (χ2v) is 6.11. The van der Waals surface area contributed by atoms with Crippen molar-refractivity contribution in [3.63, 3.8) is 0 Å². The number of carbonyl (C=O) groups is 1. The Balaban J connectivity index is 1.52. The molecule has 1 N–H and O–H groups in total. The van der Waals surface area contributed by atoms with Crippen LogP contribution in [0.15, 0.2) is 72.8 Å². The Labute approximate surface area is 156 Å². The zero-order valence-corrected chi connectivity index (χ0v) is 14.8. The number of aromatic amines is 1. The third-order valence-electron chi connectivity index (χ3n) is 4.28. The predicted octanol–water partition coefficient (Wildman–Crippen LogP) is 4.60. The van der Waals surface area contributed by atoms with Gasteiger partial charge in [0.05, 0.1) is 23.7 Å². The fraction of sp³-hybridized carbons (Fsp3) is 0.0909. The van der Waals surface area contributed by atoms with Crippen LogP contribution in [0.1, 0.15) is 15.9 Å². The Morgan fingerprint density at radius 2 is 1.78 bits per heavy atom. The summed E-state index contributed by atoms with van der Waals surface area (Å²) in [5, 5.41) is 0. The maximum atomic E-state index is 11.7. The van der Waals surface area contributed by atoms with Crippen LogP contribution in [0, 0.1) is 0 Å². The zero-order chi connectivity index (χ0) is 18.6. The van der Waals surface area contributed by atoms with Gasteiger partial charge in [-0.1, -0.05) is 30.3 Å². The lowest BCUT2D eigenvalue weighted by Gasteiger charge is -2.06. The maximum Gasteiger partial charge on any atom is 0.337 e. The van der Waals surface area contributed by atoms with Crippen molar-refractivity contribution in [1.82, 2.24) is 9.97 Å². The molecule has 0 saturated carbocycles. The minimum Gasteiger partial charge on any atom is -0.489 e. The highest BCUT2D eigenvalue weighted by Crippen LogP contribution is 2.24. The number of esters is 1. The first kappa shape index (κ1) is 16.8. The number of hydrogen-bond acceptors (Lipinski definition) is 4. The molecule has 0 unspecified atom stereocenters. The van der Waals surface area contributed by atoms with Gasteiger partial charge >= 0.3 is 5.97 Å². The highest BCUT2D eigenvalue weighted by Gasteiger charge is 2.10. The third kappa shape index (κ3) is 3.67. The zero-order valence-electron chi connectivity index (χ0n) is 14.8. The minimum absolute atomic E-state index is 0.368. The highest BCUT2D eigenvalue weighted by atomic mass is 16.5. The van der Waals surface area contributed by atoms with Gasteiger partial charge < -0.3 is 14.5 Å². The number of benzene rings is 3. The van der Waals surface area contributed by atoms with E-state index in [1.165, 1.54) is 7.11 Å². The van der Waals surface area contributed by atoms with Gasteiger partial charge in [-0.25, -0.2) is 9.78 Å². The predicted molar refractivity (Wildman–Crippen MR) is 104 cm³/mol. The first-order chi connectivity index (χ1) is 13.2. The van der Waals surface area contributed by atoms with Gasteiger partial charge in [0.25, 0.3) is 0 Å². The van der Waals surface area contributed by atoms with Crippen LogP contribution in [0.3, 0.4) is 0 Å². The molecule has 0 saturated heterocycles. The van der Waals surface area contributed by atoms with E-state index in [1.54, 1.807) is 18.2 Å². The molecule has 5 nitrogen and oxygen atoms in total. The molecule has 4 rings (SSSR count). The molecule has 5 heteroatoms. The Morgan fingerprint density at radius 3 is 2.52 bits per heavy atom. The molecular formula is C22H18N2O3. The molecule has 4 aromatic rings. The molecule has 0 fully saturated rings. The first-order valence-electron chi connectivity index (χ1n) is 8.58. The van der Waals surface area contributed by atoms with Crippen LogP contribution in [-0.4, -0.2) is 23.0 Å². The van der Waals surface area contributed by atoms with E-state index in [9.17, 15) is 4.79 Å². The summed E-state index contributed by atoms with van der Waals surface area (Å²) in [4.78, 5) is 19.5. The molecule has 1 aromatic heterocycles. The molecule has 27 heavy (non-hydrogen) atoms. The normalized spacial score (nSPS) is 10.7. The molecule has 0 amide bonds. The molecule has 0 bridgehead atoms. The average Bonchev–Trinajstić information content (AvgIpc) is 3.16. The minimum atomic E-state index is -0.368. The number of nitrogens with one attached hydrogen (secondary N) is 1. The van der Waals surface area contributed by atoms with Gasteiger partial charge in [0.1, 0.15) is 18.2 Å². The van der Waals surface area contributed by atoms with Crippen molar-refractivity contribution in [2.75, 3.05) is 7.11 Å². The number of carbonyl (C=O) groups excluding carboxylic acids is 1. The van der Waals surface area contributed by atoms with Crippen molar-refractivity contribution in [3.05, 3.63) is 83.9 Å². The number of rotatable bonds is 5. The Bertz CT molecular complexity index is 1070. The molecule has 0 aliphatic heterocycles. The van der Waals surface area contributed by atoms with Gasteiger partial charge in [-0.05, 0) is 48.0 Å².